The lowest BCUT2D eigenvalue weighted by molar-refractivity contribution is -0.384. The number of anilines is 2. The number of thiazole rings is 1. The maximum Gasteiger partial charge on any atom is 0.271 e. The largest absolute Gasteiger partial charge is 0.495 e. The highest BCUT2D eigenvalue weighted by Gasteiger charge is 2.20. The molecule has 10 heteroatoms. The molecule has 2 amide bonds. The number of aromatic nitrogens is 1. The predicted molar refractivity (Wildman–Crippen MR) is 92.8 cm³/mol. The molecule has 2 N–H and O–H groups in total. The Kier molecular flexibility index (Phi) is 6.01. The van der Waals surface area contributed by atoms with Gasteiger partial charge in [0.15, 0.2) is 5.13 Å². The molecule has 0 saturated heterocycles. The smallest absolute Gasteiger partial charge is 0.271 e. The van der Waals surface area contributed by atoms with Gasteiger partial charge in [0.05, 0.1) is 17.7 Å². The van der Waals surface area contributed by atoms with Crippen LogP contribution in [0.2, 0.25) is 0 Å². The summed E-state index contributed by atoms with van der Waals surface area (Å²) >= 11 is 1.27. The molecule has 0 saturated carbocycles. The number of ether oxygens (including phenoxy) is 1. The Morgan fingerprint density at radius 1 is 1.40 bits per heavy atom. The maximum atomic E-state index is 12.3. The summed E-state index contributed by atoms with van der Waals surface area (Å²) in [6, 6.07) is 3.88. The fourth-order valence-electron chi connectivity index (χ4n) is 1.99. The topological polar surface area (TPSA) is 123 Å². The third-order valence-electron chi connectivity index (χ3n) is 3.27. The van der Waals surface area contributed by atoms with E-state index in [0.29, 0.717) is 10.9 Å². The molecule has 0 bridgehead atoms. The Bertz CT molecular complexity index is 778. The zero-order chi connectivity index (χ0) is 18.4. The molecule has 1 atom stereocenters. The zero-order valence-corrected chi connectivity index (χ0v) is 14.3. The van der Waals surface area contributed by atoms with Gasteiger partial charge < -0.3 is 15.4 Å². The summed E-state index contributed by atoms with van der Waals surface area (Å²) in [5.41, 5.74) is -0.000789. The van der Waals surface area contributed by atoms with Crippen LogP contribution in [0.1, 0.15) is 13.3 Å². The molecule has 0 aliphatic carbocycles. The van der Waals surface area contributed by atoms with Crippen LogP contribution in [0.4, 0.5) is 16.5 Å². The molecule has 2 rings (SSSR count). The number of carbonyl (C=O) groups excluding carboxylic acids is 2. The number of hydrogen-bond acceptors (Lipinski definition) is 7. The van der Waals surface area contributed by atoms with Crippen LogP contribution in [0.15, 0.2) is 29.8 Å². The Balaban J connectivity index is 2.01. The molecular weight excluding hydrogens is 348 g/mol. The Hall–Kier alpha value is -3.01. The molecule has 1 aromatic carbocycles. The molecule has 25 heavy (non-hydrogen) atoms. The number of nitro groups is 1. The minimum atomic E-state index is -0.649. The van der Waals surface area contributed by atoms with E-state index in [9.17, 15) is 19.7 Å². The van der Waals surface area contributed by atoms with Crippen LogP contribution >= 0.6 is 11.3 Å². The third kappa shape index (κ3) is 4.98. The van der Waals surface area contributed by atoms with E-state index in [4.69, 9.17) is 4.74 Å². The number of nitrogens with one attached hydrogen (secondary N) is 2. The van der Waals surface area contributed by atoms with Crippen molar-refractivity contribution in [2.45, 2.75) is 13.3 Å². The summed E-state index contributed by atoms with van der Waals surface area (Å²) in [6.45, 7) is 1.58. The van der Waals surface area contributed by atoms with Crippen molar-refractivity contribution in [3.63, 3.8) is 0 Å². The molecule has 9 nitrogen and oxygen atoms in total. The van der Waals surface area contributed by atoms with E-state index in [1.807, 2.05) is 0 Å². The number of nitro benzene ring substituents is 1. The lowest BCUT2D eigenvalue weighted by Gasteiger charge is -2.14. The SMILES string of the molecule is COc1ccc([N+](=O)[O-])cc1NC(=O)C(C)CC(=O)Nc1nccs1. The van der Waals surface area contributed by atoms with E-state index in [1.54, 1.807) is 18.5 Å². The van der Waals surface area contributed by atoms with Crippen LogP contribution in [0, 0.1) is 16.0 Å². The first-order valence-corrected chi connectivity index (χ1v) is 8.11. The molecule has 132 valence electrons. The Labute approximate surface area is 147 Å². The summed E-state index contributed by atoms with van der Waals surface area (Å²) < 4.78 is 5.09. The fraction of sp³-hybridized carbons (Fsp3) is 0.267. The minimum absolute atomic E-state index is 0.0529. The third-order valence-corrected chi connectivity index (χ3v) is 3.96. The van der Waals surface area contributed by atoms with E-state index in [0.717, 1.165) is 0 Å². The Morgan fingerprint density at radius 2 is 2.16 bits per heavy atom. The molecule has 0 spiro atoms. The quantitative estimate of drug-likeness (QED) is 0.575. The summed E-state index contributed by atoms with van der Waals surface area (Å²) in [5, 5.41) is 18.2. The van der Waals surface area contributed by atoms with E-state index < -0.39 is 16.7 Å². The van der Waals surface area contributed by atoms with Gasteiger partial charge in [-0.05, 0) is 6.07 Å². The Morgan fingerprint density at radius 3 is 2.76 bits per heavy atom. The highest BCUT2D eigenvalue weighted by molar-refractivity contribution is 7.13. The van der Waals surface area contributed by atoms with Crippen molar-refractivity contribution in [1.82, 2.24) is 4.98 Å². The average Bonchev–Trinajstić information content (AvgIpc) is 3.07. The van der Waals surface area contributed by atoms with Crippen molar-refractivity contribution in [3.05, 3.63) is 39.9 Å². The van der Waals surface area contributed by atoms with Crippen LogP contribution in [0.5, 0.6) is 5.75 Å². The molecule has 0 aliphatic rings. The van der Waals surface area contributed by atoms with E-state index in [1.165, 1.54) is 36.6 Å². The van der Waals surface area contributed by atoms with Crippen LogP contribution in [-0.4, -0.2) is 28.8 Å². The summed E-state index contributed by atoms with van der Waals surface area (Å²) in [5.74, 6) is -1.15. The predicted octanol–water partition coefficient (Wildman–Crippen LogP) is 2.66. The van der Waals surface area contributed by atoms with Gasteiger partial charge in [-0.2, -0.15) is 0 Å². The van der Waals surface area contributed by atoms with Gasteiger partial charge in [-0.3, -0.25) is 19.7 Å². The van der Waals surface area contributed by atoms with E-state index in [2.05, 4.69) is 15.6 Å². The van der Waals surface area contributed by atoms with Gasteiger partial charge in [0, 0.05) is 36.0 Å². The number of benzene rings is 1. The van der Waals surface area contributed by atoms with Crippen molar-refractivity contribution in [3.8, 4) is 5.75 Å². The second kappa shape index (κ2) is 8.20. The maximum absolute atomic E-state index is 12.3. The normalized spacial score (nSPS) is 11.4. The number of hydrogen-bond donors (Lipinski definition) is 2. The molecule has 0 aliphatic heterocycles. The number of amides is 2. The number of carbonyl (C=O) groups is 2. The number of non-ortho nitro benzene ring substituents is 1. The van der Waals surface area contributed by atoms with E-state index >= 15 is 0 Å². The van der Waals surface area contributed by atoms with Crippen molar-refractivity contribution in [1.29, 1.82) is 0 Å². The lowest BCUT2D eigenvalue weighted by atomic mass is 10.1. The van der Waals surface area contributed by atoms with Gasteiger partial charge in [0.1, 0.15) is 5.75 Å². The van der Waals surface area contributed by atoms with Crippen molar-refractivity contribution in [2.24, 2.45) is 5.92 Å². The molecule has 1 heterocycles. The monoisotopic (exact) mass is 364 g/mol. The minimum Gasteiger partial charge on any atom is -0.495 e. The fourth-order valence-corrected chi connectivity index (χ4v) is 2.53. The zero-order valence-electron chi connectivity index (χ0n) is 13.5. The molecule has 1 unspecified atom stereocenters. The van der Waals surface area contributed by atoms with Crippen LogP contribution < -0.4 is 15.4 Å². The summed E-state index contributed by atoms with van der Waals surface area (Å²) in [7, 11) is 1.39. The molecule has 0 fully saturated rings. The standard InChI is InChI=1S/C15H16N4O5S/c1-9(7-13(20)18-15-16-5-6-25-15)14(21)17-11-8-10(19(22)23)3-4-12(11)24-2/h3-6,8-9H,7H2,1-2H3,(H,17,21)(H,16,18,20). The van der Waals surface area contributed by atoms with Crippen LogP contribution in [-0.2, 0) is 9.59 Å². The van der Waals surface area contributed by atoms with Gasteiger partial charge >= 0.3 is 0 Å². The van der Waals surface area contributed by atoms with Crippen molar-refractivity contribution < 1.29 is 19.2 Å². The lowest BCUT2D eigenvalue weighted by Crippen LogP contribution is -2.25. The van der Waals surface area contributed by atoms with Crippen LogP contribution in [0.3, 0.4) is 0 Å². The molecular formula is C15H16N4O5S. The highest BCUT2D eigenvalue weighted by atomic mass is 32.1. The van der Waals surface area contributed by atoms with E-state index in [-0.39, 0.29) is 23.7 Å². The second-order valence-electron chi connectivity index (χ2n) is 5.12. The van der Waals surface area contributed by atoms with Crippen LogP contribution in [0.25, 0.3) is 0 Å². The van der Waals surface area contributed by atoms with Gasteiger partial charge in [-0.15, -0.1) is 11.3 Å². The average molecular weight is 364 g/mol. The van der Waals surface area contributed by atoms with Gasteiger partial charge in [-0.25, -0.2) is 4.98 Å². The van der Waals surface area contributed by atoms with Crippen molar-refractivity contribution >= 4 is 39.7 Å². The molecule has 0 radical (unpaired) electrons. The second-order valence-corrected chi connectivity index (χ2v) is 6.02. The number of nitrogens with zero attached hydrogens (tertiary/aromatic N) is 2. The molecule has 1 aromatic heterocycles. The summed E-state index contributed by atoms with van der Waals surface area (Å²) in [4.78, 5) is 38.4. The first-order valence-electron chi connectivity index (χ1n) is 7.23. The van der Waals surface area contributed by atoms with Gasteiger partial charge in [0.25, 0.3) is 5.69 Å². The first-order chi connectivity index (χ1) is 11.9. The molecule has 2 aromatic rings. The highest BCUT2D eigenvalue weighted by Crippen LogP contribution is 2.29. The number of methoxy groups -OCH3 is 1. The number of rotatable bonds is 7. The van der Waals surface area contributed by atoms with Crippen molar-refractivity contribution in [2.75, 3.05) is 17.7 Å². The van der Waals surface area contributed by atoms with Gasteiger partial charge in [-0.1, -0.05) is 6.92 Å². The van der Waals surface area contributed by atoms with Gasteiger partial charge in [0.2, 0.25) is 11.8 Å². The summed E-state index contributed by atoms with van der Waals surface area (Å²) in [6.07, 6.45) is 1.51. The first kappa shape index (κ1) is 18.3.